The van der Waals surface area contributed by atoms with Crippen molar-refractivity contribution in [3.05, 3.63) is 79.7 Å². The smallest absolute Gasteiger partial charge is 0.296 e. The van der Waals surface area contributed by atoms with Gasteiger partial charge >= 0.3 is 0 Å². The van der Waals surface area contributed by atoms with Crippen molar-refractivity contribution in [3.8, 4) is 11.5 Å². The number of hydrogen-bond donors (Lipinski definition) is 1. The fraction of sp³-hybridized carbons (Fsp3) is 0.360. The van der Waals surface area contributed by atoms with Gasteiger partial charge in [-0.05, 0) is 36.8 Å². The quantitative estimate of drug-likeness (QED) is 0.262. The minimum atomic E-state index is -3.81. The van der Waals surface area contributed by atoms with Crippen LogP contribution in [0.1, 0.15) is 44.0 Å². The number of aromatic nitrogens is 2. The molecule has 0 amide bonds. The van der Waals surface area contributed by atoms with Gasteiger partial charge in [0.05, 0.1) is 23.1 Å². The lowest BCUT2D eigenvalue weighted by atomic mass is 9.91. The van der Waals surface area contributed by atoms with Gasteiger partial charge in [0.2, 0.25) is 0 Å². The number of halogens is 2. The van der Waals surface area contributed by atoms with Gasteiger partial charge in [0.1, 0.15) is 18.1 Å². The van der Waals surface area contributed by atoms with E-state index in [1.165, 1.54) is 12.1 Å². The standard InChI is InChI=1S/C25H28Cl2N2O6S/c1-16-6-9-18(10-7-16)36(31,32)35-13-5-12-33-20-11-8-17(14-19(20)26)15-34-22-21(27)24(30)29-28-23(22)25(2,3)4/h6-11,14H,5,12-13,15H2,1-4H3,(H,29,30). The van der Waals surface area contributed by atoms with Crippen LogP contribution in [0.3, 0.4) is 0 Å². The largest absolute Gasteiger partial charge is 0.492 e. The highest BCUT2D eigenvalue weighted by atomic mass is 35.5. The third kappa shape index (κ3) is 7.22. The number of nitrogens with one attached hydrogen (secondary N) is 1. The first-order chi connectivity index (χ1) is 16.9. The Morgan fingerprint density at radius 1 is 1.00 bits per heavy atom. The molecule has 36 heavy (non-hydrogen) atoms. The number of ether oxygens (including phenoxy) is 2. The number of aryl methyl sites for hydroxylation is 1. The summed E-state index contributed by atoms with van der Waals surface area (Å²) in [5.41, 5.74) is 1.29. The Balaban J connectivity index is 1.54. The molecule has 1 heterocycles. The van der Waals surface area contributed by atoms with Gasteiger partial charge in [0.25, 0.3) is 15.7 Å². The summed E-state index contributed by atoms with van der Waals surface area (Å²) < 4.78 is 41.0. The van der Waals surface area contributed by atoms with E-state index in [0.717, 1.165) is 11.1 Å². The fourth-order valence-electron chi connectivity index (χ4n) is 3.14. The van der Waals surface area contributed by atoms with Crippen LogP contribution in [0.15, 0.2) is 52.2 Å². The van der Waals surface area contributed by atoms with E-state index < -0.39 is 21.1 Å². The highest BCUT2D eigenvalue weighted by molar-refractivity contribution is 7.86. The lowest BCUT2D eigenvalue weighted by Gasteiger charge is -2.21. The topological polar surface area (TPSA) is 108 Å². The Morgan fingerprint density at radius 3 is 2.33 bits per heavy atom. The summed E-state index contributed by atoms with van der Waals surface area (Å²) in [5.74, 6) is 0.665. The molecule has 2 aromatic carbocycles. The van der Waals surface area contributed by atoms with E-state index >= 15 is 0 Å². The maximum absolute atomic E-state index is 12.2. The monoisotopic (exact) mass is 554 g/mol. The molecule has 1 aromatic heterocycles. The molecule has 194 valence electrons. The first-order valence-corrected chi connectivity index (χ1v) is 13.3. The van der Waals surface area contributed by atoms with E-state index in [1.807, 2.05) is 27.7 Å². The van der Waals surface area contributed by atoms with Gasteiger partial charge in [0, 0.05) is 11.8 Å². The van der Waals surface area contributed by atoms with E-state index in [0.29, 0.717) is 22.9 Å². The fourth-order valence-corrected chi connectivity index (χ4v) is 4.53. The number of nitrogens with zero attached hydrogens (tertiary/aromatic N) is 1. The normalized spacial score (nSPS) is 11.9. The lowest BCUT2D eigenvalue weighted by Crippen LogP contribution is -2.22. The van der Waals surface area contributed by atoms with Gasteiger partial charge in [0.15, 0.2) is 10.8 Å². The van der Waals surface area contributed by atoms with Crippen LogP contribution >= 0.6 is 23.2 Å². The van der Waals surface area contributed by atoms with Gasteiger partial charge < -0.3 is 9.47 Å². The molecular formula is C25H28Cl2N2O6S. The zero-order valence-electron chi connectivity index (χ0n) is 20.4. The highest BCUT2D eigenvalue weighted by Crippen LogP contribution is 2.33. The summed E-state index contributed by atoms with van der Waals surface area (Å²) in [6, 6.07) is 11.6. The minimum Gasteiger partial charge on any atom is -0.492 e. The van der Waals surface area contributed by atoms with Crippen molar-refractivity contribution in [2.24, 2.45) is 0 Å². The molecule has 0 radical (unpaired) electrons. The van der Waals surface area contributed by atoms with Gasteiger partial charge in [-0.1, -0.05) is 67.7 Å². The second-order valence-electron chi connectivity index (χ2n) is 9.14. The van der Waals surface area contributed by atoms with Gasteiger partial charge in [-0.3, -0.25) is 8.98 Å². The van der Waals surface area contributed by atoms with Crippen molar-refractivity contribution in [2.75, 3.05) is 13.2 Å². The van der Waals surface area contributed by atoms with Crippen LogP contribution in [0.4, 0.5) is 0 Å². The molecule has 0 aliphatic carbocycles. The van der Waals surface area contributed by atoms with Crippen LogP contribution in [0.25, 0.3) is 0 Å². The van der Waals surface area contributed by atoms with Crippen molar-refractivity contribution < 1.29 is 22.1 Å². The number of rotatable bonds is 10. The molecule has 0 saturated heterocycles. The highest BCUT2D eigenvalue weighted by Gasteiger charge is 2.25. The molecule has 11 heteroatoms. The Morgan fingerprint density at radius 2 is 1.69 bits per heavy atom. The van der Waals surface area contributed by atoms with E-state index in [2.05, 4.69) is 10.2 Å². The third-order valence-electron chi connectivity index (χ3n) is 5.07. The van der Waals surface area contributed by atoms with Gasteiger partial charge in [-0.25, -0.2) is 5.10 Å². The molecule has 0 aliphatic heterocycles. The molecule has 0 fully saturated rings. The summed E-state index contributed by atoms with van der Waals surface area (Å²) in [5, 5.41) is 6.77. The minimum absolute atomic E-state index is 0.0269. The number of hydrogen-bond acceptors (Lipinski definition) is 7. The van der Waals surface area contributed by atoms with Crippen LogP contribution in [0.5, 0.6) is 11.5 Å². The van der Waals surface area contributed by atoms with Crippen LogP contribution in [0, 0.1) is 6.92 Å². The Labute approximate surface area is 220 Å². The van der Waals surface area contributed by atoms with Crippen LogP contribution < -0.4 is 15.0 Å². The lowest BCUT2D eigenvalue weighted by molar-refractivity contribution is 0.250. The van der Waals surface area contributed by atoms with Crippen LogP contribution in [-0.2, 0) is 26.3 Å². The molecule has 0 unspecified atom stereocenters. The number of aromatic amines is 1. The van der Waals surface area contributed by atoms with Crippen LogP contribution in [-0.4, -0.2) is 31.8 Å². The molecule has 0 saturated carbocycles. The summed E-state index contributed by atoms with van der Waals surface area (Å²) in [4.78, 5) is 12.0. The maximum Gasteiger partial charge on any atom is 0.296 e. The summed E-state index contributed by atoms with van der Waals surface area (Å²) in [6.45, 7) is 7.97. The average Bonchev–Trinajstić information content (AvgIpc) is 2.80. The summed E-state index contributed by atoms with van der Waals surface area (Å²) in [7, 11) is -3.81. The molecule has 8 nitrogen and oxygen atoms in total. The summed E-state index contributed by atoms with van der Waals surface area (Å²) in [6.07, 6.45) is 0.343. The predicted octanol–water partition coefficient (Wildman–Crippen LogP) is 5.44. The zero-order valence-corrected chi connectivity index (χ0v) is 22.8. The average molecular weight is 555 g/mol. The molecule has 0 aliphatic rings. The van der Waals surface area contributed by atoms with Crippen LogP contribution in [0.2, 0.25) is 10.0 Å². The Kier molecular flexibility index (Phi) is 9.05. The van der Waals surface area contributed by atoms with Crippen molar-refractivity contribution in [2.45, 2.75) is 51.0 Å². The Bertz CT molecular complexity index is 1370. The molecule has 0 atom stereocenters. The van der Waals surface area contributed by atoms with Crippen molar-refractivity contribution >= 4 is 33.3 Å². The second-order valence-corrected chi connectivity index (χ2v) is 11.5. The maximum atomic E-state index is 12.2. The van der Waals surface area contributed by atoms with Gasteiger partial charge in [-0.2, -0.15) is 13.5 Å². The second kappa shape index (κ2) is 11.6. The zero-order chi connectivity index (χ0) is 26.5. The first kappa shape index (κ1) is 28.0. The molecule has 0 spiro atoms. The third-order valence-corrected chi connectivity index (χ3v) is 7.03. The van der Waals surface area contributed by atoms with Crippen molar-refractivity contribution in [1.82, 2.24) is 10.2 Å². The molecule has 3 aromatic rings. The van der Waals surface area contributed by atoms with Crippen molar-refractivity contribution in [1.29, 1.82) is 0 Å². The molecule has 3 rings (SSSR count). The summed E-state index contributed by atoms with van der Waals surface area (Å²) >= 11 is 12.5. The van der Waals surface area contributed by atoms with E-state index in [-0.39, 0.29) is 35.5 Å². The van der Waals surface area contributed by atoms with Crippen molar-refractivity contribution in [3.63, 3.8) is 0 Å². The molecular weight excluding hydrogens is 527 g/mol. The number of H-pyrrole nitrogens is 1. The predicted molar refractivity (Wildman–Crippen MR) is 139 cm³/mol. The van der Waals surface area contributed by atoms with E-state index in [1.54, 1.807) is 30.3 Å². The van der Waals surface area contributed by atoms with Gasteiger partial charge in [-0.15, -0.1) is 0 Å². The van der Waals surface area contributed by atoms with E-state index in [9.17, 15) is 13.2 Å². The Hall–Kier alpha value is -2.59. The molecule has 0 bridgehead atoms. The van der Waals surface area contributed by atoms with E-state index in [4.69, 9.17) is 36.9 Å². The molecule has 1 N–H and O–H groups in total. The first-order valence-electron chi connectivity index (χ1n) is 11.2. The number of benzene rings is 2. The SMILES string of the molecule is Cc1ccc(S(=O)(=O)OCCCOc2ccc(COc3c(C(C)(C)C)n[nH]c(=O)c3Cl)cc2Cl)cc1.